The lowest BCUT2D eigenvalue weighted by Gasteiger charge is -2.12. The molecule has 0 spiro atoms. The molecule has 1 heterocycles. The van der Waals surface area contributed by atoms with Gasteiger partial charge >= 0.3 is 0 Å². The molecular weight excluding hydrogens is 715 g/mol. The van der Waals surface area contributed by atoms with Gasteiger partial charge in [0.15, 0.2) is 0 Å². The minimum absolute atomic E-state index is 0.0115. The third kappa shape index (κ3) is 5.22. The zero-order chi connectivity index (χ0) is 20.3. The molecule has 1 fully saturated rings. The topological polar surface area (TPSA) is 46.6 Å². The van der Waals surface area contributed by atoms with Crippen LogP contribution in [0.2, 0.25) is 0 Å². The van der Waals surface area contributed by atoms with E-state index in [9.17, 15) is 9.59 Å². The second-order valence-corrected chi connectivity index (χ2v) is 10.3. The first kappa shape index (κ1) is 21.9. The van der Waals surface area contributed by atoms with Crippen molar-refractivity contribution in [3.63, 3.8) is 0 Å². The van der Waals surface area contributed by atoms with Gasteiger partial charge in [-0.1, -0.05) is 18.1 Å². The van der Waals surface area contributed by atoms with Gasteiger partial charge < -0.3 is 4.74 Å². The quantitative estimate of drug-likeness (QED) is 0.224. The first-order valence-corrected chi connectivity index (χ1v) is 12.0. The molecule has 28 heavy (non-hydrogen) atoms. The molecule has 0 aliphatic carbocycles. The van der Waals surface area contributed by atoms with Crippen LogP contribution < -0.4 is 4.74 Å². The largest absolute Gasteiger partial charge is 0.487 e. The fourth-order valence-electron chi connectivity index (χ4n) is 2.42. The number of thioether (sulfide) groups is 1. The lowest BCUT2D eigenvalue weighted by Crippen LogP contribution is -2.28. The molecule has 0 unspecified atom stereocenters. The molecule has 3 rings (SSSR count). The van der Waals surface area contributed by atoms with E-state index in [4.69, 9.17) is 11.2 Å². The van der Waals surface area contributed by atoms with E-state index in [1.54, 1.807) is 6.08 Å². The first-order chi connectivity index (χ1) is 13.4. The minimum Gasteiger partial charge on any atom is -0.487 e. The van der Waals surface area contributed by atoms with Gasteiger partial charge in [0.25, 0.3) is 11.1 Å². The van der Waals surface area contributed by atoms with Crippen molar-refractivity contribution in [1.29, 1.82) is 0 Å². The third-order valence-corrected chi connectivity index (χ3v) is 6.97. The third-order valence-electron chi connectivity index (χ3n) is 3.74. The molecule has 0 bridgehead atoms. The summed E-state index contributed by atoms with van der Waals surface area (Å²) in [4.78, 5) is 25.7. The smallest absolute Gasteiger partial charge is 0.294 e. The number of rotatable bonds is 5. The fourth-order valence-corrected chi connectivity index (χ4v) is 5.74. The Balaban J connectivity index is 1.78. The van der Waals surface area contributed by atoms with Crippen molar-refractivity contribution in [2.75, 3.05) is 6.54 Å². The van der Waals surface area contributed by atoms with Gasteiger partial charge in [0, 0.05) is 3.57 Å². The van der Waals surface area contributed by atoms with Crippen molar-refractivity contribution in [3.8, 4) is 18.1 Å². The molecule has 0 N–H and O–H groups in total. The standard InChI is InChI=1S/C20H12I3NO3S/c1-2-7-24-19(25)17(28-20(24)26)10-13-8-15(22)18(16(23)9-13)27-11-12-3-5-14(21)6-4-12/h1,3-6,8-10H,7,11H2/b17-10+. The van der Waals surface area contributed by atoms with Crippen LogP contribution in [0.4, 0.5) is 4.79 Å². The maximum Gasteiger partial charge on any atom is 0.294 e. The summed E-state index contributed by atoms with van der Waals surface area (Å²) in [6.07, 6.45) is 6.94. The number of ether oxygens (including phenoxy) is 1. The number of terminal acetylenes is 1. The van der Waals surface area contributed by atoms with Crippen LogP contribution in [-0.4, -0.2) is 22.6 Å². The van der Waals surface area contributed by atoms with E-state index in [1.165, 1.54) is 3.57 Å². The molecule has 8 heteroatoms. The van der Waals surface area contributed by atoms with Gasteiger partial charge in [-0.15, -0.1) is 6.42 Å². The summed E-state index contributed by atoms with van der Waals surface area (Å²) in [7, 11) is 0. The van der Waals surface area contributed by atoms with Crippen molar-refractivity contribution >= 4 is 96.8 Å². The van der Waals surface area contributed by atoms with Gasteiger partial charge in [0.05, 0.1) is 18.6 Å². The van der Waals surface area contributed by atoms with Gasteiger partial charge in [0.1, 0.15) is 12.4 Å². The van der Waals surface area contributed by atoms with Crippen LogP contribution in [0.15, 0.2) is 41.3 Å². The van der Waals surface area contributed by atoms with Gasteiger partial charge in [-0.3, -0.25) is 14.5 Å². The molecule has 0 radical (unpaired) electrons. The number of carbonyl (C=O) groups excluding carboxylic acids is 2. The zero-order valence-electron chi connectivity index (χ0n) is 14.2. The van der Waals surface area contributed by atoms with E-state index in [1.807, 2.05) is 36.4 Å². The van der Waals surface area contributed by atoms with Gasteiger partial charge in [-0.2, -0.15) is 0 Å². The summed E-state index contributed by atoms with van der Waals surface area (Å²) < 4.78 is 9.06. The van der Waals surface area contributed by atoms with Crippen LogP contribution in [0.5, 0.6) is 5.75 Å². The molecule has 2 amide bonds. The Labute approximate surface area is 208 Å². The summed E-state index contributed by atoms with van der Waals surface area (Å²) >= 11 is 7.61. The molecule has 2 aromatic rings. The molecule has 0 atom stereocenters. The van der Waals surface area contributed by atoms with Crippen LogP contribution >= 0.6 is 79.5 Å². The monoisotopic (exact) mass is 727 g/mol. The molecule has 1 saturated heterocycles. The molecule has 2 aromatic carbocycles. The van der Waals surface area contributed by atoms with Crippen molar-refractivity contribution in [2.45, 2.75) is 6.61 Å². The average Bonchev–Trinajstić information content (AvgIpc) is 2.90. The minimum atomic E-state index is -0.350. The maximum atomic E-state index is 12.3. The van der Waals surface area contributed by atoms with Crippen molar-refractivity contribution in [2.24, 2.45) is 0 Å². The van der Waals surface area contributed by atoms with Gasteiger partial charge in [-0.25, -0.2) is 0 Å². The second-order valence-electron chi connectivity index (χ2n) is 5.70. The molecule has 1 aliphatic heterocycles. The van der Waals surface area contributed by atoms with E-state index < -0.39 is 0 Å². The fraction of sp³-hybridized carbons (Fsp3) is 0.100. The van der Waals surface area contributed by atoms with Crippen molar-refractivity contribution in [1.82, 2.24) is 4.90 Å². The van der Waals surface area contributed by atoms with E-state index in [0.29, 0.717) is 11.5 Å². The molecule has 0 aromatic heterocycles. The second kappa shape index (κ2) is 9.82. The van der Waals surface area contributed by atoms with Crippen LogP contribution in [0.1, 0.15) is 11.1 Å². The number of imide groups is 1. The Bertz CT molecular complexity index is 989. The maximum absolute atomic E-state index is 12.3. The lowest BCUT2D eigenvalue weighted by molar-refractivity contribution is -0.122. The van der Waals surface area contributed by atoms with E-state index in [-0.39, 0.29) is 17.7 Å². The Morgan fingerprint density at radius 2 is 1.75 bits per heavy atom. The SMILES string of the molecule is C#CCN1C(=O)S/C(=C/c2cc(I)c(OCc3ccc(I)cc3)c(I)c2)C1=O. The number of hydrogen-bond acceptors (Lipinski definition) is 4. The van der Waals surface area contributed by atoms with Crippen LogP contribution in [0, 0.1) is 23.1 Å². The van der Waals surface area contributed by atoms with E-state index in [0.717, 1.165) is 40.7 Å². The average molecular weight is 727 g/mol. The zero-order valence-corrected chi connectivity index (χ0v) is 21.5. The number of nitrogens with zero attached hydrogens (tertiary/aromatic N) is 1. The molecule has 142 valence electrons. The Morgan fingerprint density at radius 1 is 1.11 bits per heavy atom. The predicted molar refractivity (Wildman–Crippen MR) is 137 cm³/mol. The first-order valence-electron chi connectivity index (χ1n) is 7.94. The summed E-state index contributed by atoms with van der Waals surface area (Å²) in [5, 5.41) is -0.337. The molecule has 4 nitrogen and oxygen atoms in total. The summed E-state index contributed by atoms with van der Waals surface area (Å²) in [6.45, 7) is 0.468. The Morgan fingerprint density at radius 3 is 2.36 bits per heavy atom. The summed E-state index contributed by atoms with van der Waals surface area (Å²) in [5.74, 6) is 2.79. The van der Waals surface area contributed by atoms with Crippen molar-refractivity contribution < 1.29 is 14.3 Å². The highest BCUT2D eigenvalue weighted by atomic mass is 127. The number of benzene rings is 2. The van der Waals surface area contributed by atoms with Crippen LogP contribution in [-0.2, 0) is 11.4 Å². The Hall–Kier alpha value is -0.780. The number of amides is 2. The van der Waals surface area contributed by atoms with E-state index in [2.05, 4.69) is 73.7 Å². The predicted octanol–water partition coefficient (Wildman–Crippen LogP) is 5.75. The Kier molecular flexibility index (Phi) is 7.68. The summed E-state index contributed by atoms with van der Waals surface area (Å²) in [6, 6.07) is 12.0. The van der Waals surface area contributed by atoms with Crippen LogP contribution in [0.25, 0.3) is 6.08 Å². The number of halogens is 3. The number of carbonyl (C=O) groups is 2. The molecule has 1 aliphatic rings. The highest BCUT2D eigenvalue weighted by molar-refractivity contribution is 14.1. The number of hydrogen-bond donors (Lipinski definition) is 0. The van der Waals surface area contributed by atoms with Gasteiger partial charge in [-0.05, 0) is 121 Å². The molecule has 0 saturated carbocycles. The highest BCUT2D eigenvalue weighted by Gasteiger charge is 2.34. The van der Waals surface area contributed by atoms with Crippen molar-refractivity contribution in [3.05, 3.63) is 63.1 Å². The lowest BCUT2D eigenvalue weighted by atomic mass is 10.2. The normalized spacial score (nSPS) is 15.2. The highest BCUT2D eigenvalue weighted by Crippen LogP contribution is 2.34. The van der Waals surface area contributed by atoms with E-state index >= 15 is 0 Å². The summed E-state index contributed by atoms with van der Waals surface area (Å²) in [5.41, 5.74) is 1.93. The van der Waals surface area contributed by atoms with Crippen LogP contribution in [0.3, 0.4) is 0 Å². The van der Waals surface area contributed by atoms with Gasteiger partial charge in [0.2, 0.25) is 0 Å². The molecular formula is C20H12I3NO3S.